The first-order valence-electron chi connectivity index (χ1n) is 11.0. The average molecular weight is 453 g/mol. The number of nitrogens with one attached hydrogen (secondary N) is 1. The fourth-order valence-corrected chi connectivity index (χ4v) is 4.61. The van der Waals surface area contributed by atoms with Crippen LogP contribution in [0.15, 0.2) is 48.5 Å². The van der Waals surface area contributed by atoms with Crippen molar-refractivity contribution in [3.8, 4) is 11.5 Å². The number of nitrogens with zero attached hydrogens (tertiary/aromatic N) is 3. The minimum absolute atomic E-state index is 0. The lowest BCUT2D eigenvalue weighted by Gasteiger charge is -2.12. The van der Waals surface area contributed by atoms with E-state index in [1.807, 2.05) is 25.2 Å². The highest BCUT2D eigenvalue weighted by molar-refractivity contribution is 5.99. The molecule has 4 aromatic rings. The van der Waals surface area contributed by atoms with Crippen molar-refractivity contribution in [2.45, 2.75) is 19.9 Å². The normalized spacial score (nSPS) is 16.8. The molecular formula is C25H29ClN4O2. The zero-order valence-corrected chi connectivity index (χ0v) is 19.3. The van der Waals surface area contributed by atoms with Crippen LogP contribution in [0.1, 0.15) is 23.7 Å². The van der Waals surface area contributed by atoms with E-state index in [1.54, 1.807) is 0 Å². The Morgan fingerprint density at radius 3 is 2.88 bits per heavy atom. The highest BCUT2D eigenvalue weighted by atomic mass is 35.5. The smallest absolute Gasteiger partial charge is 0.163 e. The molecule has 2 aromatic heterocycles. The predicted octanol–water partition coefficient (Wildman–Crippen LogP) is 4.45. The minimum atomic E-state index is 0. The van der Waals surface area contributed by atoms with Gasteiger partial charge in [-0.15, -0.1) is 12.4 Å². The summed E-state index contributed by atoms with van der Waals surface area (Å²) in [7, 11) is 2.04. The molecule has 1 aliphatic rings. The molecule has 1 atom stereocenters. The molecule has 0 bridgehead atoms. The van der Waals surface area contributed by atoms with Crippen LogP contribution in [0.5, 0.6) is 0 Å². The number of aryl methyl sites for hydroxylation is 2. The van der Waals surface area contributed by atoms with Gasteiger partial charge in [-0.3, -0.25) is 4.79 Å². The number of imidazole rings is 1. The van der Waals surface area contributed by atoms with Gasteiger partial charge in [-0.2, -0.15) is 0 Å². The van der Waals surface area contributed by atoms with Gasteiger partial charge in [0.05, 0.1) is 29.9 Å². The van der Waals surface area contributed by atoms with Crippen LogP contribution in [0.4, 0.5) is 0 Å². The van der Waals surface area contributed by atoms with Gasteiger partial charge in [-0.25, -0.2) is 4.98 Å². The molecule has 1 unspecified atom stereocenters. The number of ketones is 1. The van der Waals surface area contributed by atoms with Crippen molar-refractivity contribution in [2.24, 2.45) is 13.0 Å². The number of benzene rings is 2. The molecule has 7 heteroatoms. The second-order valence-corrected chi connectivity index (χ2v) is 8.30. The summed E-state index contributed by atoms with van der Waals surface area (Å²) >= 11 is 0. The van der Waals surface area contributed by atoms with Crippen molar-refractivity contribution in [3.05, 3.63) is 54.1 Å². The van der Waals surface area contributed by atoms with Crippen LogP contribution in [0.25, 0.3) is 33.5 Å². The van der Waals surface area contributed by atoms with Crippen molar-refractivity contribution in [1.29, 1.82) is 0 Å². The summed E-state index contributed by atoms with van der Waals surface area (Å²) < 4.78 is 10.0. The average Bonchev–Trinajstić information content (AvgIpc) is 3.20. The van der Waals surface area contributed by atoms with E-state index in [4.69, 9.17) is 9.72 Å². The number of fused-ring (bicyclic) bond motifs is 2. The third-order valence-electron chi connectivity index (χ3n) is 6.24. The molecular weight excluding hydrogens is 424 g/mol. The highest BCUT2D eigenvalue weighted by Crippen LogP contribution is 2.30. The maximum Gasteiger partial charge on any atom is 0.163 e. The number of aromatic nitrogens is 3. The molecule has 1 N–H and O–H groups in total. The van der Waals surface area contributed by atoms with Gasteiger partial charge in [0.15, 0.2) is 11.6 Å². The van der Waals surface area contributed by atoms with Crippen LogP contribution in [-0.4, -0.2) is 46.2 Å². The number of rotatable bonds is 5. The summed E-state index contributed by atoms with van der Waals surface area (Å²) in [5, 5.41) is 4.55. The lowest BCUT2D eigenvalue weighted by molar-refractivity contribution is 0.0886. The molecule has 1 fully saturated rings. The minimum Gasteiger partial charge on any atom is -0.380 e. The van der Waals surface area contributed by atoms with Crippen LogP contribution in [-0.2, 0) is 18.3 Å². The molecule has 32 heavy (non-hydrogen) atoms. The Morgan fingerprint density at radius 2 is 2.03 bits per heavy atom. The van der Waals surface area contributed by atoms with Crippen LogP contribution < -0.4 is 5.32 Å². The molecule has 168 valence electrons. The monoisotopic (exact) mass is 452 g/mol. The largest absolute Gasteiger partial charge is 0.380 e. The Morgan fingerprint density at radius 1 is 1.19 bits per heavy atom. The van der Waals surface area contributed by atoms with Crippen molar-refractivity contribution in [1.82, 2.24) is 19.4 Å². The van der Waals surface area contributed by atoms with Gasteiger partial charge in [0, 0.05) is 55.5 Å². The van der Waals surface area contributed by atoms with E-state index in [0.29, 0.717) is 19.6 Å². The maximum atomic E-state index is 12.9. The molecule has 5 rings (SSSR count). The standard InChI is InChI=1S/C25H28N4O2.ClH/c1-3-29-21-7-5-4-6-18(21)14-23(29)25-27-20-13-19(8-9-22(20)28(25)2)24(30)12-17-15-26-10-11-31-16-17;/h4-9,13-14,17,26H,3,10-12,15-16H2,1-2H3;1H. The van der Waals surface area contributed by atoms with Gasteiger partial charge in [0.25, 0.3) is 0 Å². The van der Waals surface area contributed by atoms with Crippen LogP contribution >= 0.6 is 12.4 Å². The van der Waals surface area contributed by atoms with Crippen molar-refractivity contribution in [2.75, 3.05) is 26.3 Å². The van der Waals surface area contributed by atoms with E-state index in [-0.39, 0.29) is 24.1 Å². The van der Waals surface area contributed by atoms with Crippen molar-refractivity contribution < 1.29 is 9.53 Å². The van der Waals surface area contributed by atoms with Gasteiger partial charge < -0.3 is 19.2 Å². The van der Waals surface area contributed by atoms with E-state index >= 15 is 0 Å². The van der Waals surface area contributed by atoms with E-state index < -0.39 is 0 Å². The van der Waals surface area contributed by atoms with Gasteiger partial charge in [0.1, 0.15) is 0 Å². The first-order valence-corrected chi connectivity index (χ1v) is 11.0. The highest BCUT2D eigenvalue weighted by Gasteiger charge is 2.20. The molecule has 0 amide bonds. The number of hydrogen-bond donors (Lipinski definition) is 1. The first-order chi connectivity index (χ1) is 15.2. The molecule has 2 aromatic carbocycles. The van der Waals surface area contributed by atoms with Gasteiger partial charge >= 0.3 is 0 Å². The van der Waals surface area contributed by atoms with Crippen LogP contribution in [0.2, 0.25) is 0 Å². The lowest BCUT2D eigenvalue weighted by Crippen LogP contribution is -2.24. The second kappa shape index (κ2) is 9.45. The summed E-state index contributed by atoms with van der Waals surface area (Å²) in [6.45, 7) is 6.04. The summed E-state index contributed by atoms with van der Waals surface area (Å²) in [5.74, 6) is 1.28. The maximum absolute atomic E-state index is 12.9. The number of hydrogen-bond acceptors (Lipinski definition) is 4. The third-order valence-corrected chi connectivity index (χ3v) is 6.24. The van der Waals surface area contributed by atoms with Gasteiger partial charge in [-0.1, -0.05) is 18.2 Å². The molecule has 0 saturated carbocycles. The summed E-state index contributed by atoms with van der Waals surface area (Å²) in [5.41, 5.74) is 4.90. The van der Waals surface area contributed by atoms with E-state index in [1.165, 1.54) is 10.9 Å². The quantitative estimate of drug-likeness (QED) is 0.454. The Labute approximate surface area is 194 Å². The van der Waals surface area contributed by atoms with Crippen LogP contribution in [0.3, 0.4) is 0 Å². The third kappa shape index (κ3) is 4.06. The topological polar surface area (TPSA) is 61.1 Å². The van der Waals surface area contributed by atoms with Crippen molar-refractivity contribution >= 4 is 40.1 Å². The molecule has 0 spiro atoms. The number of Topliss-reactive ketones (excluding diaryl/α,β-unsaturated/α-hetero) is 1. The van der Waals surface area contributed by atoms with E-state index in [0.717, 1.165) is 47.7 Å². The molecule has 0 aliphatic carbocycles. The van der Waals surface area contributed by atoms with Crippen LogP contribution in [0, 0.1) is 5.92 Å². The number of halogens is 1. The molecule has 1 saturated heterocycles. The Kier molecular flexibility index (Phi) is 6.65. The zero-order chi connectivity index (χ0) is 21.4. The molecule has 3 heterocycles. The molecule has 6 nitrogen and oxygen atoms in total. The summed E-state index contributed by atoms with van der Waals surface area (Å²) in [6.07, 6.45) is 0.488. The van der Waals surface area contributed by atoms with Gasteiger partial charge in [-0.05, 0) is 37.3 Å². The zero-order valence-electron chi connectivity index (χ0n) is 18.5. The second-order valence-electron chi connectivity index (χ2n) is 8.30. The number of para-hydroxylation sites is 1. The Bertz CT molecular complexity index is 1250. The predicted molar refractivity (Wildman–Crippen MR) is 131 cm³/mol. The number of carbonyl (C=O) groups is 1. The van der Waals surface area contributed by atoms with E-state index in [2.05, 4.69) is 51.7 Å². The first kappa shape index (κ1) is 22.5. The fraction of sp³-hybridized carbons (Fsp3) is 0.360. The van der Waals surface area contributed by atoms with Crippen molar-refractivity contribution in [3.63, 3.8) is 0 Å². The summed E-state index contributed by atoms with van der Waals surface area (Å²) in [6, 6.07) is 16.5. The van der Waals surface area contributed by atoms with E-state index in [9.17, 15) is 4.79 Å². The number of ether oxygens (including phenoxy) is 1. The molecule has 0 radical (unpaired) electrons. The lowest BCUT2D eigenvalue weighted by atomic mass is 9.98. The summed E-state index contributed by atoms with van der Waals surface area (Å²) in [4.78, 5) is 17.9. The molecule has 1 aliphatic heterocycles. The Hall–Kier alpha value is -2.67. The Balaban J connectivity index is 0.00000245. The fourth-order valence-electron chi connectivity index (χ4n) is 4.61. The number of carbonyl (C=O) groups excluding carboxylic acids is 1. The van der Waals surface area contributed by atoms with Gasteiger partial charge in [0.2, 0.25) is 0 Å². The SMILES string of the molecule is CCn1c(-c2nc3cc(C(=O)CC4CNCCOC4)ccc3n2C)cc2ccccc21.Cl.